The number of nitrogens with two attached hydrogens (primary N) is 1. The summed E-state index contributed by atoms with van der Waals surface area (Å²) in [6.07, 6.45) is 0. The molecule has 3 rings (SSSR count). The Balaban J connectivity index is 1.55. The largest absolute Gasteiger partial charge is 0.375 e. The maximum absolute atomic E-state index is 12.9. The number of rotatable bonds is 3. The van der Waals surface area contributed by atoms with Gasteiger partial charge in [0.2, 0.25) is 0 Å². The van der Waals surface area contributed by atoms with Crippen molar-refractivity contribution in [1.82, 2.24) is 9.88 Å². The Hall–Kier alpha value is -1.66. The van der Waals surface area contributed by atoms with Crippen LogP contribution in [0.4, 0.5) is 15.2 Å². The monoisotopic (exact) mass is 292 g/mol. The normalized spacial score (nSPS) is 16.6. The standard InChI is InChI=1S/C14H17FN4S/c15-11-1-3-13(4-2-11)19-7-5-18(6-8-19)9-12-10-20-14(16)17-12/h1-4,10H,5-9H2,(H2,16,17). The third-order valence-electron chi connectivity index (χ3n) is 3.52. The SMILES string of the molecule is Nc1nc(CN2CCN(c3ccc(F)cc3)CC2)cs1. The minimum Gasteiger partial charge on any atom is -0.375 e. The molecule has 1 aliphatic rings. The molecule has 0 spiro atoms. The fourth-order valence-electron chi connectivity index (χ4n) is 2.44. The number of benzene rings is 1. The Labute approximate surface area is 121 Å². The molecule has 0 aliphatic carbocycles. The van der Waals surface area contributed by atoms with Crippen LogP contribution >= 0.6 is 11.3 Å². The lowest BCUT2D eigenvalue weighted by Crippen LogP contribution is -2.46. The number of aromatic nitrogens is 1. The zero-order chi connectivity index (χ0) is 13.9. The molecule has 1 fully saturated rings. The van der Waals surface area contributed by atoms with Crippen LogP contribution in [0.2, 0.25) is 0 Å². The van der Waals surface area contributed by atoms with Crippen molar-refractivity contribution < 1.29 is 4.39 Å². The van der Waals surface area contributed by atoms with E-state index in [2.05, 4.69) is 14.8 Å². The average Bonchev–Trinajstić information content (AvgIpc) is 2.86. The van der Waals surface area contributed by atoms with Crippen molar-refractivity contribution >= 4 is 22.2 Å². The van der Waals surface area contributed by atoms with Gasteiger partial charge in [0.15, 0.2) is 5.13 Å². The molecule has 2 N–H and O–H groups in total. The van der Waals surface area contributed by atoms with Crippen molar-refractivity contribution in [3.8, 4) is 0 Å². The van der Waals surface area contributed by atoms with Gasteiger partial charge in [0.25, 0.3) is 0 Å². The molecule has 0 atom stereocenters. The maximum atomic E-state index is 12.9. The fourth-order valence-corrected chi connectivity index (χ4v) is 2.99. The van der Waals surface area contributed by atoms with E-state index in [0.717, 1.165) is 44.1 Å². The van der Waals surface area contributed by atoms with Crippen molar-refractivity contribution in [2.45, 2.75) is 6.54 Å². The van der Waals surface area contributed by atoms with Gasteiger partial charge in [-0.2, -0.15) is 0 Å². The maximum Gasteiger partial charge on any atom is 0.180 e. The molecule has 2 heterocycles. The summed E-state index contributed by atoms with van der Waals surface area (Å²) in [5, 5.41) is 2.65. The van der Waals surface area contributed by atoms with Gasteiger partial charge in [0.05, 0.1) is 5.69 Å². The third kappa shape index (κ3) is 3.08. The lowest BCUT2D eigenvalue weighted by Gasteiger charge is -2.35. The molecule has 0 radical (unpaired) electrons. The number of piperazine rings is 1. The predicted molar refractivity (Wildman–Crippen MR) is 80.4 cm³/mol. The van der Waals surface area contributed by atoms with Gasteiger partial charge in [-0.25, -0.2) is 9.37 Å². The van der Waals surface area contributed by atoms with Crippen molar-refractivity contribution in [3.05, 3.63) is 41.2 Å². The zero-order valence-electron chi connectivity index (χ0n) is 11.1. The van der Waals surface area contributed by atoms with Gasteiger partial charge >= 0.3 is 0 Å². The topological polar surface area (TPSA) is 45.4 Å². The molecule has 1 aromatic carbocycles. The van der Waals surface area contributed by atoms with Gasteiger partial charge < -0.3 is 10.6 Å². The Morgan fingerprint density at radius 2 is 1.85 bits per heavy atom. The van der Waals surface area contributed by atoms with Crippen molar-refractivity contribution in [1.29, 1.82) is 0 Å². The highest BCUT2D eigenvalue weighted by Gasteiger charge is 2.18. The van der Waals surface area contributed by atoms with E-state index in [0.29, 0.717) is 5.13 Å². The van der Waals surface area contributed by atoms with Crippen LogP contribution in [0.1, 0.15) is 5.69 Å². The Kier molecular flexibility index (Phi) is 3.84. The number of thiazole rings is 1. The van der Waals surface area contributed by atoms with Crippen LogP contribution in [-0.2, 0) is 6.54 Å². The lowest BCUT2D eigenvalue weighted by molar-refractivity contribution is 0.247. The van der Waals surface area contributed by atoms with Crippen LogP contribution < -0.4 is 10.6 Å². The minimum absolute atomic E-state index is 0.187. The number of hydrogen-bond donors (Lipinski definition) is 1. The van der Waals surface area contributed by atoms with Crippen molar-refractivity contribution in [2.24, 2.45) is 0 Å². The first-order valence-electron chi connectivity index (χ1n) is 6.63. The summed E-state index contributed by atoms with van der Waals surface area (Å²) in [4.78, 5) is 8.94. The van der Waals surface area contributed by atoms with E-state index in [1.165, 1.54) is 23.5 Å². The van der Waals surface area contributed by atoms with E-state index in [9.17, 15) is 4.39 Å². The summed E-state index contributed by atoms with van der Waals surface area (Å²) in [5.74, 6) is -0.187. The number of halogens is 1. The molecule has 6 heteroatoms. The number of hydrogen-bond acceptors (Lipinski definition) is 5. The van der Waals surface area contributed by atoms with Gasteiger partial charge in [-0.3, -0.25) is 4.90 Å². The first kappa shape index (κ1) is 13.3. The molecule has 4 nitrogen and oxygen atoms in total. The number of anilines is 2. The molecule has 1 saturated heterocycles. The third-order valence-corrected chi connectivity index (χ3v) is 4.24. The summed E-state index contributed by atoms with van der Waals surface area (Å²) in [7, 11) is 0. The van der Waals surface area contributed by atoms with E-state index in [1.807, 2.05) is 17.5 Å². The van der Waals surface area contributed by atoms with Gasteiger partial charge in [-0.15, -0.1) is 11.3 Å². The molecular weight excluding hydrogens is 275 g/mol. The molecule has 1 aliphatic heterocycles. The quantitative estimate of drug-likeness (QED) is 0.942. The molecule has 0 bridgehead atoms. The average molecular weight is 292 g/mol. The van der Waals surface area contributed by atoms with Gasteiger partial charge in [-0.05, 0) is 24.3 Å². The van der Waals surface area contributed by atoms with E-state index in [-0.39, 0.29) is 5.82 Å². The van der Waals surface area contributed by atoms with E-state index < -0.39 is 0 Å². The number of nitrogens with zero attached hydrogens (tertiary/aromatic N) is 3. The fraction of sp³-hybridized carbons (Fsp3) is 0.357. The van der Waals surface area contributed by atoms with Crippen molar-refractivity contribution in [2.75, 3.05) is 36.8 Å². The van der Waals surface area contributed by atoms with E-state index >= 15 is 0 Å². The molecular formula is C14H17FN4S. The zero-order valence-corrected chi connectivity index (χ0v) is 11.9. The molecule has 106 valence electrons. The lowest BCUT2D eigenvalue weighted by atomic mass is 10.2. The summed E-state index contributed by atoms with van der Waals surface area (Å²) in [6, 6.07) is 6.71. The highest BCUT2D eigenvalue weighted by molar-refractivity contribution is 7.13. The minimum atomic E-state index is -0.187. The second-order valence-corrected chi connectivity index (χ2v) is 5.81. The van der Waals surface area contributed by atoms with Crippen LogP contribution in [-0.4, -0.2) is 36.1 Å². The molecule has 2 aromatic rings. The molecule has 0 saturated carbocycles. The van der Waals surface area contributed by atoms with Gasteiger partial charge in [0, 0.05) is 43.8 Å². The van der Waals surface area contributed by atoms with Crippen LogP contribution in [0.3, 0.4) is 0 Å². The molecule has 0 amide bonds. The predicted octanol–water partition coefficient (Wildman–Crippen LogP) is 2.19. The highest BCUT2D eigenvalue weighted by atomic mass is 32.1. The Morgan fingerprint density at radius 1 is 1.15 bits per heavy atom. The van der Waals surface area contributed by atoms with E-state index in [1.54, 1.807) is 0 Å². The van der Waals surface area contributed by atoms with Gasteiger partial charge in [0.1, 0.15) is 5.82 Å². The smallest absolute Gasteiger partial charge is 0.180 e. The molecule has 20 heavy (non-hydrogen) atoms. The highest BCUT2D eigenvalue weighted by Crippen LogP contribution is 2.18. The second kappa shape index (κ2) is 5.76. The van der Waals surface area contributed by atoms with Crippen LogP contribution in [0.25, 0.3) is 0 Å². The summed E-state index contributed by atoms with van der Waals surface area (Å²) in [6.45, 7) is 4.71. The summed E-state index contributed by atoms with van der Waals surface area (Å²) < 4.78 is 12.9. The van der Waals surface area contributed by atoms with Crippen LogP contribution in [0.15, 0.2) is 29.6 Å². The summed E-state index contributed by atoms with van der Waals surface area (Å²) in [5.41, 5.74) is 7.78. The van der Waals surface area contributed by atoms with Gasteiger partial charge in [-0.1, -0.05) is 0 Å². The Morgan fingerprint density at radius 3 is 2.45 bits per heavy atom. The second-order valence-electron chi connectivity index (χ2n) is 4.92. The van der Waals surface area contributed by atoms with Crippen LogP contribution in [0, 0.1) is 5.82 Å². The number of nitrogen functional groups attached to an aromatic ring is 1. The van der Waals surface area contributed by atoms with Crippen molar-refractivity contribution in [3.63, 3.8) is 0 Å². The summed E-state index contributed by atoms with van der Waals surface area (Å²) >= 11 is 1.49. The first-order chi connectivity index (χ1) is 9.70. The Bertz CT molecular complexity index is 561. The van der Waals surface area contributed by atoms with Crippen LogP contribution in [0.5, 0.6) is 0 Å². The first-order valence-corrected chi connectivity index (χ1v) is 7.51. The van der Waals surface area contributed by atoms with E-state index in [4.69, 9.17) is 5.73 Å². The molecule has 0 unspecified atom stereocenters. The molecule has 1 aromatic heterocycles.